The van der Waals surface area contributed by atoms with Crippen molar-refractivity contribution in [3.63, 3.8) is 0 Å². The summed E-state index contributed by atoms with van der Waals surface area (Å²) < 4.78 is 0. The lowest BCUT2D eigenvalue weighted by Gasteiger charge is -2.02. The molecule has 98 valence electrons. The van der Waals surface area contributed by atoms with Crippen LogP contribution in [0.3, 0.4) is 0 Å². The molecule has 2 N–H and O–H groups in total. The average Bonchev–Trinajstić information content (AvgIpc) is 2.62. The summed E-state index contributed by atoms with van der Waals surface area (Å²) >= 11 is 1.35. The second-order valence-corrected chi connectivity index (χ2v) is 5.42. The quantitative estimate of drug-likeness (QED) is 0.530. The molecule has 0 radical (unpaired) electrons. The fourth-order valence-corrected chi connectivity index (χ4v) is 2.77. The smallest absolute Gasteiger partial charge is 0.270 e. The maximum absolute atomic E-state index is 12.4. The summed E-state index contributed by atoms with van der Waals surface area (Å²) in [5.74, 6) is -0.275. The molecule has 2 aromatic rings. The molecule has 0 aliphatic heterocycles. The minimum Gasteiger partial charge on any atom is -0.390 e. The van der Waals surface area contributed by atoms with Crippen LogP contribution in [0.25, 0.3) is 0 Å². The second kappa shape index (κ2) is 4.81. The topological polar surface area (TPSA) is 86.2 Å². The van der Waals surface area contributed by atoms with Gasteiger partial charge in [0.25, 0.3) is 5.69 Å². The summed E-state index contributed by atoms with van der Waals surface area (Å²) in [5, 5.41) is 11.2. The van der Waals surface area contributed by atoms with Gasteiger partial charge in [-0.3, -0.25) is 14.9 Å². The highest BCUT2D eigenvalue weighted by atomic mass is 32.1. The van der Waals surface area contributed by atoms with Crippen LogP contribution in [-0.2, 0) is 0 Å². The molecular formula is C13H12N2O3S. The first-order chi connectivity index (χ1) is 8.91. The van der Waals surface area contributed by atoms with Gasteiger partial charge in [0.05, 0.1) is 15.5 Å². The number of nitro benzene ring substituents is 1. The zero-order valence-corrected chi connectivity index (χ0v) is 11.3. The first-order valence-electron chi connectivity index (χ1n) is 5.56. The molecule has 19 heavy (non-hydrogen) atoms. The maximum Gasteiger partial charge on any atom is 0.270 e. The van der Waals surface area contributed by atoms with Gasteiger partial charge >= 0.3 is 0 Å². The second-order valence-electron chi connectivity index (χ2n) is 4.16. The Hall–Kier alpha value is -2.21. The molecule has 1 heterocycles. The highest BCUT2D eigenvalue weighted by molar-refractivity contribution is 7.16. The SMILES string of the molecule is Cc1sc(N)c(C(=O)c2cccc([N+](=O)[O-])c2)c1C. The number of ketones is 1. The van der Waals surface area contributed by atoms with E-state index >= 15 is 0 Å². The number of rotatable bonds is 3. The number of hydrogen-bond donors (Lipinski definition) is 1. The van der Waals surface area contributed by atoms with Gasteiger partial charge in [-0.25, -0.2) is 0 Å². The number of non-ortho nitro benzene ring substituents is 1. The van der Waals surface area contributed by atoms with Crippen LogP contribution in [0.4, 0.5) is 10.7 Å². The lowest BCUT2D eigenvalue weighted by Crippen LogP contribution is -2.05. The van der Waals surface area contributed by atoms with Crippen molar-refractivity contribution in [2.24, 2.45) is 0 Å². The van der Waals surface area contributed by atoms with Crippen molar-refractivity contribution in [3.8, 4) is 0 Å². The van der Waals surface area contributed by atoms with E-state index in [1.54, 1.807) is 6.07 Å². The van der Waals surface area contributed by atoms with E-state index in [4.69, 9.17) is 5.73 Å². The van der Waals surface area contributed by atoms with Gasteiger partial charge in [0, 0.05) is 22.6 Å². The van der Waals surface area contributed by atoms with Gasteiger partial charge in [0.2, 0.25) is 0 Å². The van der Waals surface area contributed by atoms with Gasteiger partial charge in [-0.1, -0.05) is 12.1 Å². The third-order valence-electron chi connectivity index (χ3n) is 2.96. The average molecular weight is 276 g/mol. The fraction of sp³-hybridized carbons (Fsp3) is 0.154. The van der Waals surface area contributed by atoms with Crippen molar-refractivity contribution in [3.05, 3.63) is 55.9 Å². The number of nitro groups is 1. The Labute approximate surface area is 113 Å². The summed E-state index contributed by atoms with van der Waals surface area (Å²) in [6.07, 6.45) is 0. The molecule has 6 heteroatoms. The molecule has 1 aromatic carbocycles. The predicted octanol–water partition coefficient (Wildman–Crippen LogP) is 3.09. The van der Waals surface area contributed by atoms with Crippen molar-refractivity contribution >= 4 is 27.8 Å². The monoisotopic (exact) mass is 276 g/mol. The molecule has 5 nitrogen and oxygen atoms in total. The molecule has 0 spiro atoms. The molecule has 0 bridgehead atoms. The molecule has 0 amide bonds. The largest absolute Gasteiger partial charge is 0.390 e. The fourth-order valence-electron chi connectivity index (χ4n) is 1.84. The number of carbonyl (C=O) groups is 1. The third-order valence-corrected chi connectivity index (χ3v) is 4.00. The van der Waals surface area contributed by atoms with Crippen LogP contribution >= 0.6 is 11.3 Å². The Kier molecular flexibility index (Phi) is 3.35. The summed E-state index contributed by atoms with van der Waals surface area (Å²) in [6.45, 7) is 3.72. The number of carbonyl (C=O) groups excluding carboxylic acids is 1. The molecule has 0 aliphatic rings. The maximum atomic E-state index is 12.4. The Morgan fingerprint density at radius 2 is 2.05 bits per heavy atom. The van der Waals surface area contributed by atoms with Crippen LogP contribution in [0.1, 0.15) is 26.4 Å². The molecule has 0 saturated heterocycles. The Balaban J connectivity index is 2.50. The van der Waals surface area contributed by atoms with E-state index in [9.17, 15) is 14.9 Å². The van der Waals surface area contributed by atoms with Crippen molar-refractivity contribution in [1.82, 2.24) is 0 Å². The summed E-state index contributed by atoms with van der Waals surface area (Å²) in [6, 6.07) is 5.68. The van der Waals surface area contributed by atoms with Crippen LogP contribution in [0.2, 0.25) is 0 Å². The molecule has 2 rings (SSSR count). The van der Waals surface area contributed by atoms with E-state index < -0.39 is 4.92 Å². The number of benzene rings is 1. The van der Waals surface area contributed by atoms with E-state index in [1.165, 1.54) is 29.5 Å². The molecule has 0 aliphatic carbocycles. The van der Waals surface area contributed by atoms with Gasteiger partial charge in [0.1, 0.15) is 0 Å². The third kappa shape index (κ3) is 2.34. The van der Waals surface area contributed by atoms with E-state index in [0.717, 1.165) is 10.4 Å². The van der Waals surface area contributed by atoms with E-state index in [0.29, 0.717) is 10.6 Å². The lowest BCUT2D eigenvalue weighted by molar-refractivity contribution is -0.384. The minimum absolute atomic E-state index is 0.103. The van der Waals surface area contributed by atoms with Gasteiger partial charge in [-0.05, 0) is 19.4 Å². The molecule has 1 aromatic heterocycles. The van der Waals surface area contributed by atoms with E-state index in [2.05, 4.69) is 0 Å². The summed E-state index contributed by atoms with van der Waals surface area (Å²) in [7, 11) is 0. The minimum atomic E-state index is -0.522. The number of nitrogens with zero attached hydrogens (tertiary/aromatic N) is 1. The molecule has 0 saturated carbocycles. The van der Waals surface area contributed by atoms with E-state index in [1.807, 2.05) is 13.8 Å². The Bertz CT molecular complexity index is 677. The number of nitrogens with two attached hydrogens (primary N) is 1. The number of hydrogen-bond acceptors (Lipinski definition) is 5. The Morgan fingerprint density at radius 1 is 1.37 bits per heavy atom. The van der Waals surface area contributed by atoms with Gasteiger partial charge < -0.3 is 5.73 Å². The van der Waals surface area contributed by atoms with Crippen molar-refractivity contribution in [2.75, 3.05) is 5.73 Å². The van der Waals surface area contributed by atoms with Crippen LogP contribution < -0.4 is 5.73 Å². The number of aryl methyl sites for hydroxylation is 1. The van der Waals surface area contributed by atoms with Crippen LogP contribution in [-0.4, -0.2) is 10.7 Å². The molecule has 0 atom stereocenters. The zero-order chi connectivity index (χ0) is 14.2. The molecule has 0 fully saturated rings. The van der Waals surface area contributed by atoms with Crippen molar-refractivity contribution < 1.29 is 9.72 Å². The van der Waals surface area contributed by atoms with Gasteiger partial charge in [-0.2, -0.15) is 0 Å². The summed E-state index contributed by atoms with van der Waals surface area (Å²) in [4.78, 5) is 23.6. The first kappa shape index (κ1) is 13.2. The normalized spacial score (nSPS) is 10.4. The number of thiophene rings is 1. The standard InChI is InChI=1S/C13H12N2O3S/c1-7-8(2)19-13(14)11(7)12(16)9-4-3-5-10(6-9)15(17)18/h3-6H,14H2,1-2H3. The highest BCUT2D eigenvalue weighted by Gasteiger charge is 2.20. The number of anilines is 1. The zero-order valence-electron chi connectivity index (χ0n) is 10.5. The molecular weight excluding hydrogens is 264 g/mol. The predicted molar refractivity (Wildman–Crippen MR) is 74.7 cm³/mol. The molecule has 0 unspecified atom stereocenters. The lowest BCUT2D eigenvalue weighted by atomic mass is 10.0. The highest BCUT2D eigenvalue weighted by Crippen LogP contribution is 2.31. The van der Waals surface area contributed by atoms with Crippen LogP contribution in [0, 0.1) is 24.0 Å². The van der Waals surface area contributed by atoms with Crippen molar-refractivity contribution in [1.29, 1.82) is 0 Å². The summed E-state index contributed by atoms with van der Waals surface area (Å²) in [5.41, 5.74) is 7.30. The van der Waals surface area contributed by atoms with Crippen molar-refractivity contribution in [2.45, 2.75) is 13.8 Å². The Morgan fingerprint density at radius 3 is 2.58 bits per heavy atom. The van der Waals surface area contributed by atoms with Crippen LogP contribution in [0.5, 0.6) is 0 Å². The van der Waals surface area contributed by atoms with Gasteiger partial charge in [0.15, 0.2) is 5.78 Å². The van der Waals surface area contributed by atoms with Crippen LogP contribution in [0.15, 0.2) is 24.3 Å². The number of nitrogen functional groups attached to an aromatic ring is 1. The first-order valence-corrected chi connectivity index (χ1v) is 6.38. The van der Waals surface area contributed by atoms with Gasteiger partial charge in [-0.15, -0.1) is 11.3 Å². The van der Waals surface area contributed by atoms with E-state index in [-0.39, 0.29) is 17.0 Å².